The average Bonchev–Trinajstić information content (AvgIpc) is 2.88. The van der Waals surface area contributed by atoms with Crippen molar-refractivity contribution in [1.82, 2.24) is 4.57 Å². The Labute approximate surface area is 133 Å². The predicted octanol–water partition coefficient (Wildman–Crippen LogP) is 3.04. The number of carbonyl (C=O) groups excluding carboxylic acids is 1. The van der Waals surface area contributed by atoms with Gasteiger partial charge in [-0.2, -0.15) is 0 Å². The van der Waals surface area contributed by atoms with Gasteiger partial charge in [0.05, 0.1) is 12.1 Å². The molecule has 0 atom stereocenters. The summed E-state index contributed by atoms with van der Waals surface area (Å²) in [7, 11) is 0. The lowest BCUT2D eigenvalue weighted by atomic mass is 10.1. The zero-order valence-electron chi connectivity index (χ0n) is 12.2. The Morgan fingerprint density at radius 3 is 2.17 bits per heavy atom. The van der Waals surface area contributed by atoms with Crippen LogP contribution in [-0.2, 0) is 11.2 Å². The maximum atomic E-state index is 12.1. The highest BCUT2D eigenvalue weighted by atomic mass is 16.5. The lowest BCUT2D eigenvalue weighted by molar-refractivity contribution is -0.133. The molecular formula is C18H15NO4. The van der Waals surface area contributed by atoms with Crippen molar-refractivity contribution in [2.45, 2.75) is 6.42 Å². The lowest BCUT2D eigenvalue weighted by Gasteiger charge is -2.12. The number of aromatic nitrogens is 1. The predicted molar refractivity (Wildman–Crippen MR) is 84.9 cm³/mol. The number of ether oxygens (including phenoxy) is 1. The van der Waals surface area contributed by atoms with Gasteiger partial charge in [-0.15, -0.1) is 0 Å². The summed E-state index contributed by atoms with van der Waals surface area (Å²) in [6, 6.07) is 18.7. The molecule has 0 unspecified atom stereocenters. The lowest BCUT2D eigenvalue weighted by Crippen LogP contribution is -2.12. The molecule has 5 nitrogen and oxygen atoms in total. The van der Waals surface area contributed by atoms with Gasteiger partial charge in [0.1, 0.15) is 0 Å². The van der Waals surface area contributed by atoms with Crippen LogP contribution in [0.3, 0.4) is 0 Å². The Hall–Kier alpha value is -3.21. The van der Waals surface area contributed by atoms with Gasteiger partial charge in [0.15, 0.2) is 17.5 Å². The van der Waals surface area contributed by atoms with E-state index in [1.807, 2.05) is 30.3 Å². The summed E-state index contributed by atoms with van der Waals surface area (Å²) >= 11 is 0. The SMILES string of the molecule is O=C(Cc1ccccc1)Oc1ccccc1-n1c(O)ccc1O. The summed E-state index contributed by atoms with van der Waals surface area (Å²) in [6.07, 6.45) is 0.138. The highest BCUT2D eigenvalue weighted by molar-refractivity contribution is 5.76. The molecule has 0 bridgehead atoms. The molecule has 0 amide bonds. The van der Waals surface area contributed by atoms with E-state index in [-0.39, 0.29) is 23.9 Å². The average molecular weight is 309 g/mol. The van der Waals surface area contributed by atoms with Crippen LogP contribution in [0.2, 0.25) is 0 Å². The summed E-state index contributed by atoms with van der Waals surface area (Å²) in [5.74, 6) is -0.451. The van der Waals surface area contributed by atoms with Crippen LogP contribution in [0.4, 0.5) is 0 Å². The van der Waals surface area contributed by atoms with E-state index in [0.29, 0.717) is 5.69 Å². The molecule has 0 aliphatic heterocycles. The number of benzene rings is 2. The van der Waals surface area contributed by atoms with E-state index in [2.05, 4.69) is 0 Å². The van der Waals surface area contributed by atoms with Crippen LogP contribution in [0, 0.1) is 0 Å². The van der Waals surface area contributed by atoms with Crippen molar-refractivity contribution < 1.29 is 19.7 Å². The first-order valence-electron chi connectivity index (χ1n) is 7.09. The molecule has 3 rings (SSSR count). The molecule has 5 heteroatoms. The summed E-state index contributed by atoms with van der Waals surface area (Å²) in [4.78, 5) is 12.1. The zero-order valence-corrected chi connectivity index (χ0v) is 12.2. The van der Waals surface area contributed by atoms with Gasteiger partial charge in [-0.25, -0.2) is 4.57 Å². The van der Waals surface area contributed by atoms with E-state index in [4.69, 9.17) is 4.74 Å². The number of hydrogen-bond donors (Lipinski definition) is 2. The largest absolute Gasteiger partial charge is 0.494 e. The molecule has 2 aromatic carbocycles. The van der Waals surface area contributed by atoms with Crippen molar-refractivity contribution in [2.24, 2.45) is 0 Å². The molecule has 2 N–H and O–H groups in total. The minimum absolute atomic E-state index is 0.138. The highest BCUT2D eigenvalue weighted by Crippen LogP contribution is 2.32. The van der Waals surface area contributed by atoms with Crippen LogP contribution >= 0.6 is 0 Å². The van der Waals surface area contributed by atoms with E-state index in [0.717, 1.165) is 5.56 Å². The monoisotopic (exact) mass is 309 g/mol. The van der Waals surface area contributed by atoms with Crippen molar-refractivity contribution in [1.29, 1.82) is 0 Å². The second-order valence-electron chi connectivity index (χ2n) is 4.99. The molecule has 1 heterocycles. The van der Waals surface area contributed by atoms with Gasteiger partial charge in [0, 0.05) is 12.1 Å². The Morgan fingerprint density at radius 2 is 1.48 bits per heavy atom. The third-order valence-electron chi connectivity index (χ3n) is 3.36. The van der Waals surface area contributed by atoms with E-state index in [9.17, 15) is 15.0 Å². The van der Waals surface area contributed by atoms with E-state index in [1.54, 1.807) is 24.3 Å². The summed E-state index contributed by atoms with van der Waals surface area (Å²) < 4.78 is 6.60. The fraction of sp³-hybridized carbons (Fsp3) is 0.0556. The fourth-order valence-electron chi connectivity index (χ4n) is 2.31. The first-order valence-corrected chi connectivity index (χ1v) is 7.09. The van der Waals surface area contributed by atoms with Gasteiger partial charge in [0.2, 0.25) is 0 Å². The number of carbonyl (C=O) groups is 1. The van der Waals surface area contributed by atoms with Gasteiger partial charge in [-0.1, -0.05) is 42.5 Å². The smallest absolute Gasteiger partial charge is 0.315 e. The van der Waals surface area contributed by atoms with Crippen LogP contribution in [0.5, 0.6) is 17.5 Å². The van der Waals surface area contributed by atoms with Gasteiger partial charge in [-0.3, -0.25) is 4.79 Å². The number of nitrogens with zero attached hydrogens (tertiary/aromatic N) is 1. The molecule has 116 valence electrons. The molecule has 0 aliphatic carbocycles. The molecule has 0 saturated carbocycles. The van der Waals surface area contributed by atoms with Crippen LogP contribution < -0.4 is 4.74 Å². The molecule has 0 spiro atoms. The topological polar surface area (TPSA) is 71.7 Å². The fourth-order valence-corrected chi connectivity index (χ4v) is 2.31. The number of para-hydroxylation sites is 2. The van der Waals surface area contributed by atoms with Gasteiger partial charge < -0.3 is 14.9 Å². The third-order valence-corrected chi connectivity index (χ3v) is 3.36. The van der Waals surface area contributed by atoms with Crippen LogP contribution in [0.15, 0.2) is 66.7 Å². The summed E-state index contributed by atoms with van der Waals surface area (Å²) in [5, 5.41) is 19.7. The quantitative estimate of drug-likeness (QED) is 0.574. The minimum atomic E-state index is -0.421. The number of hydrogen-bond acceptors (Lipinski definition) is 4. The third kappa shape index (κ3) is 3.18. The Morgan fingerprint density at radius 1 is 0.870 bits per heavy atom. The second-order valence-corrected chi connectivity index (χ2v) is 4.99. The summed E-state index contributed by atoms with van der Waals surface area (Å²) in [6.45, 7) is 0. The number of esters is 1. The molecule has 0 saturated heterocycles. The molecule has 1 aromatic heterocycles. The van der Waals surface area contributed by atoms with E-state index in [1.165, 1.54) is 16.7 Å². The van der Waals surface area contributed by atoms with Crippen molar-refractivity contribution in [3.63, 3.8) is 0 Å². The van der Waals surface area contributed by atoms with Crippen molar-refractivity contribution in [2.75, 3.05) is 0 Å². The maximum Gasteiger partial charge on any atom is 0.315 e. The molecule has 0 fully saturated rings. The molecule has 23 heavy (non-hydrogen) atoms. The van der Waals surface area contributed by atoms with E-state index < -0.39 is 5.97 Å². The summed E-state index contributed by atoms with van der Waals surface area (Å²) in [5.41, 5.74) is 1.23. The van der Waals surface area contributed by atoms with E-state index >= 15 is 0 Å². The zero-order chi connectivity index (χ0) is 16.2. The Bertz CT molecular complexity index is 805. The molecule has 0 radical (unpaired) electrons. The molecular weight excluding hydrogens is 294 g/mol. The van der Waals surface area contributed by atoms with Gasteiger partial charge in [0.25, 0.3) is 0 Å². The minimum Gasteiger partial charge on any atom is -0.494 e. The van der Waals surface area contributed by atoms with Crippen LogP contribution in [0.1, 0.15) is 5.56 Å². The van der Waals surface area contributed by atoms with Gasteiger partial charge in [-0.05, 0) is 17.7 Å². The first kappa shape index (κ1) is 14.7. The molecule has 0 aliphatic rings. The van der Waals surface area contributed by atoms with Crippen LogP contribution in [0.25, 0.3) is 5.69 Å². The second kappa shape index (κ2) is 6.27. The van der Waals surface area contributed by atoms with Gasteiger partial charge >= 0.3 is 5.97 Å². The normalized spacial score (nSPS) is 10.4. The first-order chi connectivity index (χ1) is 11.1. The van der Waals surface area contributed by atoms with Crippen molar-refractivity contribution in [3.8, 4) is 23.2 Å². The Balaban J connectivity index is 1.85. The van der Waals surface area contributed by atoms with Crippen molar-refractivity contribution in [3.05, 3.63) is 72.3 Å². The van der Waals surface area contributed by atoms with Crippen molar-refractivity contribution >= 4 is 5.97 Å². The number of rotatable bonds is 4. The maximum absolute atomic E-state index is 12.1. The number of aromatic hydroxyl groups is 2. The van der Waals surface area contributed by atoms with Crippen LogP contribution in [-0.4, -0.2) is 20.7 Å². The highest BCUT2D eigenvalue weighted by Gasteiger charge is 2.15. The Kier molecular flexibility index (Phi) is 4.01. The standard InChI is InChI=1S/C18H15NO4/c20-16-10-11-17(21)19(16)14-8-4-5-9-15(14)23-18(22)12-13-6-2-1-3-7-13/h1-11,20-21H,12H2. The molecule has 3 aromatic rings.